The van der Waals surface area contributed by atoms with Gasteiger partial charge < -0.3 is 4.42 Å². The summed E-state index contributed by atoms with van der Waals surface area (Å²) < 4.78 is 37.7. The fraction of sp³-hybridized carbons (Fsp3) is 0.0323. The van der Waals surface area contributed by atoms with Gasteiger partial charge in [0.15, 0.2) is 5.58 Å². The highest BCUT2D eigenvalue weighted by molar-refractivity contribution is 7.26. The molecule has 0 unspecified atom stereocenters. The van der Waals surface area contributed by atoms with E-state index in [0.717, 1.165) is 59.7 Å². The van der Waals surface area contributed by atoms with Crippen molar-refractivity contribution in [2.45, 2.75) is 6.92 Å². The van der Waals surface area contributed by atoms with Crippen molar-refractivity contribution in [3.05, 3.63) is 102 Å². The van der Waals surface area contributed by atoms with E-state index in [1.165, 1.54) is 29.5 Å². The van der Waals surface area contributed by atoms with Crippen molar-refractivity contribution in [1.29, 1.82) is 0 Å². The molecule has 0 saturated heterocycles. The van der Waals surface area contributed by atoms with E-state index in [-0.39, 0.29) is 5.82 Å². The Bertz CT molecular complexity index is 2240. The highest BCUT2D eigenvalue weighted by Crippen LogP contribution is 2.43. The molecule has 4 aromatic carbocycles. The summed E-state index contributed by atoms with van der Waals surface area (Å²) in [5.74, 6) is -0.218. The van der Waals surface area contributed by atoms with E-state index in [1.54, 1.807) is 12.1 Å². The monoisotopic (exact) mass is 517 g/mol. The summed E-state index contributed by atoms with van der Waals surface area (Å²) in [7, 11) is 0. The van der Waals surface area contributed by atoms with Crippen molar-refractivity contribution in [2.24, 2.45) is 0 Å². The zero-order chi connectivity index (χ0) is 25.5. The van der Waals surface area contributed by atoms with Gasteiger partial charge in [0.05, 0.1) is 16.7 Å². The molecule has 0 fully saturated rings. The number of nitrogens with zero attached hydrogens (tertiary/aromatic N) is 3. The van der Waals surface area contributed by atoms with Crippen molar-refractivity contribution < 1.29 is 13.2 Å². The van der Waals surface area contributed by atoms with Gasteiger partial charge in [-0.25, -0.2) is 14.4 Å². The fourth-order valence-corrected chi connectivity index (χ4v) is 6.72. The molecule has 4 aromatic heterocycles. The number of benzene rings is 4. The van der Waals surface area contributed by atoms with Gasteiger partial charge >= 0.3 is 0 Å². The van der Waals surface area contributed by atoms with Gasteiger partial charge in [0.25, 0.3) is 0 Å². The van der Waals surface area contributed by atoms with E-state index in [1.807, 2.05) is 66.1 Å². The molecule has 0 saturated carbocycles. The molecule has 0 amide bonds. The Morgan fingerprint density at radius 2 is 1.68 bits per heavy atom. The predicted octanol–water partition coefficient (Wildman–Crippen LogP) is 8.94. The number of hydrogen-bond donors (Lipinski definition) is 0. The van der Waals surface area contributed by atoms with E-state index in [0.29, 0.717) is 16.2 Å². The number of furan rings is 1. The van der Waals surface area contributed by atoms with E-state index in [2.05, 4.69) is 4.98 Å². The lowest BCUT2D eigenvalue weighted by atomic mass is 10.0. The molecule has 182 valence electrons. The molecule has 0 radical (unpaired) electrons. The summed E-state index contributed by atoms with van der Waals surface area (Å²) in [6.45, 7) is 2.04. The second-order valence-electron chi connectivity index (χ2n) is 9.38. The minimum absolute atomic E-state index is 0.355. The molecule has 8 aromatic rings. The zero-order valence-corrected chi connectivity index (χ0v) is 20.8. The van der Waals surface area contributed by atoms with Crippen LogP contribution in [0.4, 0.5) is 8.78 Å². The minimum atomic E-state index is -0.512. The molecule has 4 heterocycles. The number of thiophene rings is 1. The highest BCUT2D eigenvalue weighted by Gasteiger charge is 2.22. The van der Waals surface area contributed by atoms with Gasteiger partial charge in [0.1, 0.15) is 22.1 Å². The third kappa shape index (κ3) is 2.93. The summed E-state index contributed by atoms with van der Waals surface area (Å²) >= 11 is 1.43. The van der Waals surface area contributed by atoms with Crippen LogP contribution in [0.5, 0.6) is 0 Å². The maximum absolute atomic E-state index is 14.3. The van der Waals surface area contributed by atoms with Crippen molar-refractivity contribution in [3.8, 4) is 17.1 Å². The Morgan fingerprint density at radius 1 is 0.816 bits per heavy atom. The first kappa shape index (κ1) is 21.5. The van der Waals surface area contributed by atoms with Gasteiger partial charge in [-0.2, -0.15) is 4.39 Å². The SMILES string of the molecule is Cc1ccc(-c2nc3cc(F)ccc3n2-c2cccc3c2oc2ccccc23)c2sc3nc(F)ccc3c12. The minimum Gasteiger partial charge on any atom is -0.454 e. The van der Waals surface area contributed by atoms with Crippen molar-refractivity contribution in [1.82, 2.24) is 14.5 Å². The van der Waals surface area contributed by atoms with Gasteiger partial charge in [-0.3, -0.25) is 4.57 Å². The summed E-state index contributed by atoms with van der Waals surface area (Å²) in [5.41, 5.74) is 5.54. The van der Waals surface area contributed by atoms with Crippen LogP contribution in [0.2, 0.25) is 0 Å². The van der Waals surface area contributed by atoms with Crippen molar-refractivity contribution in [3.63, 3.8) is 0 Å². The van der Waals surface area contributed by atoms with E-state index in [9.17, 15) is 8.78 Å². The number of para-hydroxylation sites is 2. The molecule has 7 heteroatoms. The number of rotatable bonds is 2. The van der Waals surface area contributed by atoms with Gasteiger partial charge in [-0.15, -0.1) is 11.3 Å². The van der Waals surface area contributed by atoms with E-state index in [4.69, 9.17) is 9.40 Å². The number of aromatic nitrogens is 3. The lowest BCUT2D eigenvalue weighted by Gasteiger charge is -2.11. The molecule has 0 atom stereocenters. The van der Waals surface area contributed by atoms with Crippen molar-refractivity contribution >= 4 is 64.6 Å². The summed E-state index contributed by atoms with van der Waals surface area (Å²) in [6, 6.07) is 25.8. The molecular weight excluding hydrogens is 500 g/mol. The molecule has 0 aliphatic heterocycles. The molecule has 0 bridgehead atoms. The highest BCUT2D eigenvalue weighted by atomic mass is 32.1. The Kier molecular flexibility index (Phi) is 4.35. The number of halogens is 2. The first-order valence-corrected chi connectivity index (χ1v) is 13.0. The number of hydrogen-bond acceptors (Lipinski definition) is 4. The van der Waals surface area contributed by atoms with E-state index >= 15 is 0 Å². The van der Waals surface area contributed by atoms with Crippen LogP contribution >= 0.6 is 11.3 Å². The normalized spacial score (nSPS) is 12.1. The molecular formula is C31H17F2N3OS. The maximum Gasteiger partial charge on any atom is 0.214 e. The average molecular weight is 518 g/mol. The molecule has 4 nitrogen and oxygen atoms in total. The van der Waals surface area contributed by atoms with Crippen LogP contribution in [0, 0.1) is 18.7 Å². The third-order valence-electron chi connectivity index (χ3n) is 7.14. The number of pyridine rings is 1. The quantitative estimate of drug-likeness (QED) is 0.215. The topological polar surface area (TPSA) is 43.9 Å². The lowest BCUT2D eigenvalue weighted by molar-refractivity contribution is 0.590. The average Bonchev–Trinajstić information content (AvgIpc) is 3.59. The molecule has 0 N–H and O–H groups in total. The molecule has 0 aliphatic rings. The Hall–Kier alpha value is -4.62. The standard InChI is InChI=1S/C31H17F2N3OS/c1-16-9-11-21(29-27(16)20-12-14-26(33)35-31(20)38-29)30-34-22-15-17(32)10-13-23(22)36(30)24-7-4-6-19-18-5-2-3-8-25(18)37-28(19)24/h2-15H,1H3. The van der Waals surface area contributed by atoms with Gasteiger partial charge in [-0.05, 0) is 55.0 Å². The van der Waals surface area contributed by atoms with E-state index < -0.39 is 5.95 Å². The van der Waals surface area contributed by atoms with Crippen LogP contribution in [0.15, 0.2) is 89.3 Å². The molecule has 38 heavy (non-hydrogen) atoms. The first-order valence-electron chi connectivity index (χ1n) is 12.1. The molecule has 0 spiro atoms. The van der Waals surface area contributed by atoms with Crippen LogP contribution in [0.3, 0.4) is 0 Å². The van der Waals surface area contributed by atoms with Gasteiger partial charge in [0, 0.05) is 37.9 Å². The second kappa shape index (κ2) is 7.69. The largest absolute Gasteiger partial charge is 0.454 e. The second-order valence-corrected chi connectivity index (χ2v) is 10.4. The van der Waals surface area contributed by atoms with Crippen LogP contribution in [-0.2, 0) is 0 Å². The summed E-state index contributed by atoms with van der Waals surface area (Å²) in [4.78, 5) is 9.72. The molecule has 8 rings (SSSR count). The van der Waals surface area contributed by atoms with Crippen molar-refractivity contribution in [2.75, 3.05) is 0 Å². The smallest absolute Gasteiger partial charge is 0.214 e. The van der Waals surface area contributed by atoms with Crippen LogP contribution in [-0.4, -0.2) is 14.5 Å². The summed E-state index contributed by atoms with van der Waals surface area (Å²) in [6.07, 6.45) is 0. The van der Waals surface area contributed by atoms with Gasteiger partial charge in [-0.1, -0.05) is 36.4 Å². The first-order chi connectivity index (χ1) is 18.6. The Balaban J connectivity index is 1.52. The summed E-state index contributed by atoms with van der Waals surface area (Å²) in [5, 5.41) is 3.93. The maximum atomic E-state index is 14.3. The fourth-order valence-electron chi connectivity index (χ4n) is 5.47. The zero-order valence-electron chi connectivity index (χ0n) is 20.0. The van der Waals surface area contributed by atoms with Crippen LogP contribution in [0.1, 0.15) is 5.56 Å². The number of fused-ring (bicyclic) bond motifs is 7. The van der Waals surface area contributed by atoms with Crippen LogP contribution < -0.4 is 0 Å². The Labute approximate surface area is 218 Å². The Morgan fingerprint density at radius 3 is 2.61 bits per heavy atom. The van der Waals surface area contributed by atoms with Gasteiger partial charge in [0.2, 0.25) is 5.95 Å². The number of imidazole rings is 1. The third-order valence-corrected chi connectivity index (χ3v) is 8.27. The predicted molar refractivity (Wildman–Crippen MR) is 149 cm³/mol. The lowest BCUT2D eigenvalue weighted by Crippen LogP contribution is -1.98. The molecule has 0 aliphatic carbocycles. The number of aryl methyl sites for hydroxylation is 1. The van der Waals surface area contributed by atoms with Crippen LogP contribution in [0.25, 0.3) is 70.3 Å².